The molecule has 0 aliphatic carbocycles. The summed E-state index contributed by atoms with van der Waals surface area (Å²) in [5.41, 5.74) is 3.58. The fourth-order valence-corrected chi connectivity index (χ4v) is 1.39. The summed E-state index contributed by atoms with van der Waals surface area (Å²) in [4.78, 5) is 20.7. The average molecular weight is 274 g/mol. The van der Waals surface area contributed by atoms with Crippen molar-refractivity contribution < 1.29 is 29.1 Å². The Hall–Kier alpha value is -2.26. The lowest BCUT2D eigenvalue weighted by Gasteiger charge is -2.17. The lowest BCUT2D eigenvalue weighted by Crippen LogP contribution is -2.29. The highest BCUT2D eigenvalue weighted by atomic mass is 19.1. The molecule has 104 valence electrons. The van der Waals surface area contributed by atoms with Gasteiger partial charge in [0, 0.05) is 11.6 Å². The molecule has 0 aliphatic heterocycles. The number of non-ortho nitro benzene ring substituents is 1. The van der Waals surface area contributed by atoms with E-state index in [2.05, 4.69) is 4.74 Å². The van der Waals surface area contributed by atoms with Gasteiger partial charge in [-0.25, -0.2) is 9.18 Å². The number of nitrogen functional groups attached to an aromatic ring is 1. The Morgan fingerprint density at radius 1 is 1.53 bits per heavy atom. The Kier molecular flexibility index (Phi) is 4.35. The number of ether oxygens (including phenoxy) is 1. The number of anilines is 1. The first-order valence-corrected chi connectivity index (χ1v) is 4.96. The van der Waals surface area contributed by atoms with E-state index in [0.717, 1.165) is 13.2 Å². The Morgan fingerprint density at radius 2 is 2.11 bits per heavy atom. The van der Waals surface area contributed by atoms with Gasteiger partial charge in [-0.2, -0.15) is 0 Å². The molecular weight excluding hydrogens is 263 g/mol. The van der Waals surface area contributed by atoms with Crippen molar-refractivity contribution in [3.8, 4) is 0 Å². The maximum atomic E-state index is 13.4. The zero-order chi connectivity index (χ0) is 14.7. The number of hydrogen-bond donors (Lipinski definition) is 3. The van der Waals surface area contributed by atoms with Gasteiger partial charge in [0.25, 0.3) is 5.69 Å². The Balaban J connectivity index is 3.25. The van der Waals surface area contributed by atoms with Gasteiger partial charge >= 0.3 is 5.97 Å². The topological polar surface area (TPSA) is 136 Å². The molecule has 1 aromatic rings. The highest BCUT2D eigenvalue weighted by Crippen LogP contribution is 2.30. The van der Waals surface area contributed by atoms with E-state index in [9.17, 15) is 29.5 Å². The van der Waals surface area contributed by atoms with Gasteiger partial charge in [0.05, 0.1) is 23.8 Å². The number of carbonyl (C=O) groups is 1. The van der Waals surface area contributed by atoms with E-state index in [1.54, 1.807) is 0 Å². The van der Waals surface area contributed by atoms with Crippen LogP contribution in [-0.4, -0.2) is 34.3 Å². The third-order valence-electron chi connectivity index (χ3n) is 2.42. The van der Waals surface area contributed by atoms with Crippen LogP contribution in [0, 0.1) is 15.9 Å². The summed E-state index contributed by atoms with van der Waals surface area (Å²) < 4.78 is 17.6. The minimum atomic E-state index is -2.03. The fourth-order valence-electron chi connectivity index (χ4n) is 1.39. The molecule has 1 aromatic carbocycles. The van der Waals surface area contributed by atoms with Crippen molar-refractivity contribution in [2.24, 2.45) is 0 Å². The smallest absolute Gasteiger partial charge is 0.337 e. The van der Waals surface area contributed by atoms with Crippen LogP contribution in [0.25, 0.3) is 0 Å². The third-order valence-corrected chi connectivity index (χ3v) is 2.42. The van der Waals surface area contributed by atoms with Gasteiger partial charge in [-0.05, 0) is 0 Å². The lowest BCUT2D eigenvalue weighted by molar-refractivity contribution is -0.385. The highest BCUT2D eigenvalue weighted by molar-refractivity contribution is 5.76. The molecule has 2 atom stereocenters. The molecule has 0 saturated heterocycles. The molecule has 0 aromatic heterocycles. The molecule has 0 heterocycles. The van der Waals surface area contributed by atoms with Gasteiger partial charge in [-0.3, -0.25) is 10.1 Å². The number of nitro groups is 1. The van der Waals surface area contributed by atoms with Crippen molar-refractivity contribution in [2.45, 2.75) is 12.2 Å². The Labute approximate surface area is 106 Å². The van der Waals surface area contributed by atoms with E-state index < -0.39 is 45.9 Å². The Morgan fingerprint density at radius 3 is 2.58 bits per heavy atom. The molecule has 1 rings (SSSR count). The molecule has 0 saturated carbocycles. The van der Waals surface area contributed by atoms with Gasteiger partial charge < -0.3 is 20.7 Å². The van der Waals surface area contributed by atoms with Crippen LogP contribution in [0.1, 0.15) is 11.7 Å². The molecule has 8 nitrogen and oxygen atoms in total. The number of aliphatic hydroxyl groups is 2. The first-order valence-electron chi connectivity index (χ1n) is 4.96. The molecular formula is C10H11FN2O6. The van der Waals surface area contributed by atoms with Gasteiger partial charge in [0.15, 0.2) is 11.9 Å². The molecule has 19 heavy (non-hydrogen) atoms. The van der Waals surface area contributed by atoms with E-state index in [1.807, 2.05) is 0 Å². The number of nitro benzene ring substituents is 1. The minimum Gasteiger partial charge on any atom is -0.467 e. The second-order valence-corrected chi connectivity index (χ2v) is 3.60. The number of rotatable bonds is 4. The number of nitrogens with zero attached hydrogens (tertiary/aromatic N) is 1. The first-order chi connectivity index (χ1) is 8.79. The summed E-state index contributed by atoms with van der Waals surface area (Å²) >= 11 is 0. The van der Waals surface area contributed by atoms with Crippen LogP contribution in [0.2, 0.25) is 0 Å². The van der Waals surface area contributed by atoms with E-state index in [-0.39, 0.29) is 0 Å². The number of halogens is 1. The maximum Gasteiger partial charge on any atom is 0.337 e. The van der Waals surface area contributed by atoms with Crippen LogP contribution in [0.15, 0.2) is 12.1 Å². The number of aliphatic hydroxyl groups excluding tert-OH is 2. The van der Waals surface area contributed by atoms with Crippen LogP contribution >= 0.6 is 0 Å². The standard InChI is InChI=1S/C10H11FN2O6/c1-19-10(16)9(15)8(14)5-2-4(13(17)18)3-6(11)7(5)12/h2-3,8-9,14-15H,12H2,1H3. The van der Waals surface area contributed by atoms with Crippen molar-refractivity contribution in [1.29, 1.82) is 0 Å². The molecule has 2 unspecified atom stereocenters. The number of nitrogens with two attached hydrogens (primary N) is 1. The van der Waals surface area contributed by atoms with Crippen molar-refractivity contribution in [3.05, 3.63) is 33.6 Å². The summed E-state index contributed by atoms with van der Waals surface area (Å²) in [6, 6.07) is 1.34. The van der Waals surface area contributed by atoms with Gasteiger partial charge in [0.2, 0.25) is 0 Å². The third kappa shape index (κ3) is 2.95. The largest absolute Gasteiger partial charge is 0.467 e. The number of benzene rings is 1. The second kappa shape index (κ2) is 5.59. The van der Waals surface area contributed by atoms with E-state index in [0.29, 0.717) is 6.07 Å². The van der Waals surface area contributed by atoms with Crippen molar-refractivity contribution in [1.82, 2.24) is 0 Å². The zero-order valence-electron chi connectivity index (χ0n) is 9.74. The average Bonchev–Trinajstić information content (AvgIpc) is 2.38. The monoisotopic (exact) mass is 274 g/mol. The van der Waals surface area contributed by atoms with Crippen LogP contribution < -0.4 is 5.73 Å². The normalized spacial score (nSPS) is 13.7. The summed E-state index contributed by atoms with van der Waals surface area (Å²) in [6.07, 6.45) is -3.98. The molecule has 0 fully saturated rings. The fraction of sp³-hybridized carbons (Fsp3) is 0.300. The van der Waals surface area contributed by atoms with Crippen molar-refractivity contribution in [3.63, 3.8) is 0 Å². The van der Waals surface area contributed by atoms with Crippen molar-refractivity contribution in [2.75, 3.05) is 12.8 Å². The van der Waals surface area contributed by atoms with E-state index >= 15 is 0 Å². The molecule has 0 aliphatic rings. The summed E-state index contributed by atoms with van der Waals surface area (Å²) in [5.74, 6) is -2.32. The maximum absolute atomic E-state index is 13.4. The SMILES string of the molecule is COC(=O)C(O)C(O)c1cc([N+](=O)[O-])cc(F)c1N. The molecule has 0 radical (unpaired) electrons. The predicted molar refractivity (Wildman–Crippen MR) is 60.4 cm³/mol. The Bertz CT molecular complexity index is 521. The van der Waals surface area contributed by atoms with Crippen LogP contribution in [0.4, 0.5) is 15.8 Å². The van der Waals surface area contributed by atoms with E-state index in [4.69, 9.17) is 5.73 Å². The quantitative estimate of drug-likeness (QED) is 0.301. The summed E-state index contributed by atoms with van der Waals surface area (Å²) in [6.45, 7) is 0. The molecule has 4 N–H and O–H groups in total. The first kappa shape index (κ1) is 14.8. The summed E-state index contributed by atoms with van der Waals surface area (Å²) in [7, 11) is 0.968. The summed E-state index contributed by atoms with van der Waals surface area (Å²) in [5, 5.41) is 29.7. The molecule has 0 amide bonds. The number of hydrogen-bond acceptors (Lipinski definition) is 7. The molecule has 0 spiro atoms. The highest BCUT2D eigenvalue weighted by Gasteiger charge is 2.30. The number of esters is 1. The zero-order valence-corrected chi connectivity index (χ0v) is 9.74. The second-order valence-electron chi connectivity index (χ2n) is 3.60. The predicted octanol–water partition coefficient (Wildman–Crippen LogP) is -0.117. The molecule has 0 bridgehead atoms. The number of methoxy groups -OCH3 is 1. The van der Waals surface area contributed by atoms with Crippen LogP contribution in [0.5, 0.6) is 0 Å². The lowest BCUT2D eigenvalue weighted by atomic mass is 10.0. The minimum absolute atomic E-state index is 0.468. The van der Waals surface area contributed by atoms with Crippen LogP contribution in [-0.2, 0) is 9.53 Å². The van der Waals surface area contributed by atoms with E-state index in [1.165, 1.54) is 0 Å². The molecule has 9 heteroatoms. The van der Waals surface area contributed by atoms with Gasteiger partial charge in [0.1, 0.15) is 6.10 Å². The van der Waals surface area contributed by atoms with Gasteiger partial charge in [-0.15, -0.1) is 0 Å². The number of carbonyl (C=O) groups excluding carboxylic acids is 1. The van der Waals surface area contributed by atoms with Crippen molar-refractivity contribution >= 4 is 17.3 Å². The van der Waals surface area contributed by atoms with Gasteiger partial charge in [-0.1, -0.05) is 0 Å². The van der Waals surface area contributed by atoms with Crippen LogP contribution in [0.3, 0.4) is 0 Å².